The number of rotatable bonds is 5. The third-order valence-corrected chi connectivity index (χ3v) is 4.05. The number of carbonyl (C=O) groups excluding carboxylic acids is 1. The predicted octanol–water partition coefficient (Wildman–Crippen LogP) is 3.51. The van der Waals surface area contributed by atoms with Crippen LogP contribution >= 0.6 is 0 Å². The van der Waals surface area contributed by atoms with Crippen molar-refractivity contribution in [3.8, 4) is 11.5 Å². The van der Waals surface area contributed by atoms with Crippen LogP contribution in [0, 0.1) is 0 Å². The van der Waals surface area contributed by atoms with Crippen LogP contribution in [-0.2, 0) is 6.18 Å². The molecule has 28 heavy (non-hydrogen) atoms. The maximum atomic E-state index is 13.1. The molecule has 1 amide bonds. The quantitative estimate of drug-likeness (QED) is 0.722. The monoisotopic (exact) mass is 391 g/mol. The van der Waals surface area contributed by atoms with E-state index in [9.17, 15) is 22.8 Å². The maximum Gasteiger partial charge on any atom is 0.417 e. The molecule has 0 aliphatic carbocycles. The Kier molecular flexibility index (Phi) is 5.34. The van der Waals surface area contributed by atoms with E-state index in [1.807, 2.05) is 0 Å². The molecule has 0 spiro atoms. The van der Waals surface area contributed by atoms with Gasteiger partial charge in [0.2, 0.25) is 0 Å². The Morgan fingerprint density at radius 2 is 1.93 bits per heavy atom. The molecule has 0 aliphatic heterocycles. The molecule has 6 nitrogen and oxygen atoms in total. The zero-order valence-electron chi connectivity index (χ0n) is 14.7. The number of amides is 1. The SMILES string of the molecule is CC(CNC(=O)c1ccccc1C(F)(F)F)n1nc(-c2ccco2)ccc1=O. The molecule has 3 rings (SSSR count). The van der Waals surface area contributed by atoms with Crippen LogP contribution in [0.1, 0.15) is 28.9 Å². The van der Waals surface area contributed by atoms with E-state index < -0.39 is 34.8 Å². The van der Waals surface area contributed by atoms with E-state index in [1.165, 1.54) is 30.5 Å². The minimum absolute atomic E-state index is 0.0838. The molecular weight excluding hydrogens is 375 g/mol. The lowest BCUT2D eigenvalue weighted by molar-refractivity contribution is -0.137. The number of aromatic nitrogens is 2. The molecule has 146 valence electrons. The molecule has 1 unspecified atom stereocenters. The third-order valence-electron chi connectivity index (χ3n) is 4.05. The average molecular weight is 391 g/mol. The average Bonchev–Trinajstić information content (AvgIpc) is 3.20. The van der Waals surface area contributed by atoms with Gasteiger partial charge in [0, 0.05) is 12.6 Å². The van der Waals surface area contributed by atoms with Crippen molar-refractivity contribution in [3.05, 3.63) is 76.3 Å². The number of benzene rings is 1. The van der Waals surface area contributed by atoms with Gasteiger partial charge in [0.25, 0.3) is 11.5 Å². The summed E-state index contributed by atoms with van der Waals surface area (Å²) in [6.45, 7) is 1.54. The standard InChI is InChI=1S/C19H16F3N3O3/c1-12(25-17(26)9-8-15(24-25)16-7-4-10-28-16)11-23-18(27)13-5-2-3-6-14(13)19(20,21)22/h2-10,12H,11H2,1H3,(H,23,27). The lowest BCUT2D eigenvalue weighted by Crippen LogP contribution is -2.35. The second-order valence-corrected chi connectivity index (χ2v) is 6.08. The summed E-state index contributed by atoms with van der Waals surface area (Å²) in [6.07, 6.45) is -3.18. The number of nitrogens with zero attached hydrogens (tertiary/aromatic N) is 2. The van der Waals surface area contributed by atoms with Crippen molar-refractivity contribution in [3.63, 3.8) is 0 Å². The van der Waals surface area contributed by atoms with Gasteiger partial charge in [-0.1, -0.05) is 12.1 Å². The Balaban J connectivity index is 1.76. The fourth-order valence-corrected chi connectivity index (χ4v) is 2.65. The number of hydrogen-bond acceptors (Lipinski definition) is 4. The molecule has 1 aromatic carbocycles. The van der Waals surface area contributed by atoms with E-state index in [1.54, 1.807) is 19.1 Å². The van der Waals surface area contributed by atoms with Crippen LogP contribution in [0.3, 0.4) is 0 Å². The molecule has 1 atom stereocenters. The van der Waals surface area contributed by atoms with E-state index >= 15 is 0 Å². The Morgan fingerprint density at radius 3 is 2.61 bits per heavy atom. The predicted molar refractivity (Wildman–Crippen MR) is 94.7 cm³/mol. The van der Waals surface area contributed by atoms with Crippen LogP contribution < -0.4 is 10.9 Å². The summed E-state index contributed by atoms with van der Waals surface area (Å²) in [6, 6.07) is 10.1. The molecule has 9 heteroatoms. The molecule has 0 radical (unpaired) electrons. The molecule has 2 aromatic heterocycles. The highest BCUT2D eigenvalue weighted by Gasteiger charge is 2.34. The van der Waals surface area contributed by atoms with E-state index in [-0.39, 0.29) is 6.54 Å². The first-order chi connectivity index (χ1) is 13.3. The van der Waals surface area contributed by atoms with Crippen molar-refractivity contribution in [2.24, 2.45) is 0 Å². The number of nitrogens with one attached hydrogen (secondary N) is 1. The lowest BCUT2D eigenvalue weighted by Gasteiger charge is -2.17. The zero-order chi connectivity index (χ0) is 20.3. The second kappa shape index (κ2) is 7.71. The van der Waals surface area contributed by atoms with Gasteiger partial charge in [-0.25, -0.2) is 4.68 Å². The highest BCUT2D eigenvalue weighted by atomic mass is 19.4. The smallest absolute Gasteiger partial charge is 0.417 e. The van der Waals surface area contributed by atoms with Gasteiger partial charge < -0.3 is 9.73 Å². The van der Waals surface area contributed by atoms with Gasteiger partial charge in [0.15, 0.2) is 5.76 Å². The number of halogens is 3. The van der Waals surface area contributed by atoms with E-state index in [0.717, 1.165) is 16.8 Å². The minimum atomic E-state index is -4.64. The Morgan fingerprint density at radius 1 is 1.18 bits per heavy atom. The van der Waals surface area contributed by atoms with Gasteiger partial charge in [-0.3, -0.25) is 9.59 Å². The van der Waals surface area contributed by atoms with Crippen molar-refractivity contribution in [1.82, 2.24) is 15.1 Å². The van der Waals surface area contributed by atoms with E-state index in [2.05, 4.69) is 10.4 Å². The maximum absolute atomic E-state index is 13.1. The molecule has 0 saturated heterocycles. The van der Waals surface area contributed by atoms with Crippen LogP contribution in [-0.4, -0.2) is 22.2 Å². The van der Waals surface area contributed by atoms with Crippen LogP contribution in [0.4, 0.5) is 13.2 Å². The van der Waals surface area contributed by atoms with Crippen LogP contribution in [0.5, 0.6) is 0 Å². The first kappa shape index (κ1) is 19.4. The lowest BCUT2D eigenvalue weighted by atomic mass is 10.1. The third kappa shape index (κ3) is 4.13. The molecular formula is C19H16F3N3O3. The topological polar surface area (TPSA) is 77.1 Å². The molecule has 2 heterocycles. The van der Waals surface area contributed by atoms with Crippen LogP contribution in [0.2, 0.25) is 0 Å². The Hall–Kier alpha value is -3.36. The minimum Gasteiger partial charge on any atom is -0.463 e. The molecule has 1 N–H and O–H groups in total. The van der Waals surface area contributed by atoms with Crippen LogP contribution in [0.25, 0.3) is 11.5 Å². The van der Waals surface area contributed by atoms with Gasteiger partial charge in [-0.2, -0.15) is 18.3 Å². The van der Waals surface area contributed by atoms with Crippen molar-refractivity contribution < 1.29 is 22.4 Å². The first-order valence-electron chi connectivity index (χ1n) is 8.35. The largest absolute Gasteiger partial charge is 0.463 e. The number of alkyl halides is 3. The van der Waals surface area contributed by atoms with Gasteiger partial charge in [-0.05, 0) is 37.3 Å². The highest BCUT2D eigenvalue weighted by Crippen LogP contribution is 2.31. The van der Waals surface area contributed by atoms with Gasteiger partial charge in [0.05, 0.1) is 23.4 Å². The first-order valence-corrected chi connectivity index (χ1v) is 8.35. The summed E-state index contributed by atoms with van der Waals surface area (Å²) in [7, 11) is 0. The number of carbonyl (C=O) groups is 1. The summed E-state index contributed by atoms with van der Waals surface area (Å²) in [5.41, 5.74) is -1.49. The van der Waals surface area contributed by atoms with Crippen LogP contribution in [0.15, 0.2) is 64.0 Å². The normalized spacial score (nSPS) is 12.6. The highest BCUT2D eigenvalue weighted by molar-refractivity contribution is 5.95. The van der Waals surface area contributed by atoms with Gasteiger partial charge in [-0.15, -0.1) is 0 Å². The van der Waals surface area contributed by atoms with E-state index in [0.29, 0.717) is 11.5 Å². The molecule has 0 aliphatic rings. The van der Waals surface area contributed by atoms with Crippen molar-refractivity contribution in [2.75, 3.05) is 6.54 Å². The fraction of sp³-hybridized carbons (Fsp3) is 0.211. The number of hydrogen-bond donors (Lipinski definition) is 1. The summed E-state index contributed by atoms with van der Waals surface area (Å²) >= 11 is 0. The number of furan rings is 1. The van der Waals surface area contributed by atoms with Gasteiger partial charge in [0.1, 0.15) is 5.69 Å². The van der Waals surface area contributed by atoms with Crippen molar-refractivity contribution >= 4 is 5.91 Å². The van der Waals surface area contributed by atoms with E-state index in [4.69, 9.17) is 4.42 Å². The van der Waals surface area contributed by atoms with Crippen molar-refractivity contribution in [2.45, 2.75) is 19.1 Å². The second-order valence-electron chi connectivity index (χ2n) is 6.08. The Bertz CT molecular complexity index is 1030. The Labute approximate surface area is 157 Å². The molecule has 0 bridgehead atoms. The summed E-state index contributed by atoms with van der Waals surface area (Å²) in [4.78, 5) is 24.3. The summed E-state index contributed by atoms with van der Waals surface area (Å²) < 4.78 is 45.6. The zero-order valence-corrected chi connectivity index (χ0v) is 14.7. The molecule has 0 fully saturated rings. The van der Waals surface area contributed by atoms with Gasteiger partial charge >= 0.3 is 6.18 Å². The molecule has 0 saturated carbocycles. The molecule has 3 aromatic rings. The fourth-order valence-electron chi connectivity index (χ4n) is 2.65. The summed E-state index contributed by atoms with van der Waals surface area (Å²) in [5.74, 6) is -0.417. The van der Waals surface area contributed by atoms with Crippen molar-refractivity contribution in [1.29, 1.82) is 0 Å². The summed E-state index contributed by atoms with van der Waals surface area (Å²) in [5, 5.41) is 6.63.